The zero-order valence-corrected chi connectivity index (χ0v) is 20.4. The summed E-state index contributed by atoms with van der Waals surface area (Å²) in [5.41, 5.74) is 1.69. The number of anilines is 2. The van der Waals surface area contributed by atoms with Crippen LogP contribution in [0.15, 0.2) is 47.4 Å². The lowest BCUT2D eigenvalue weighted by molar-refractivity contribution is 0.102. The molecule has 9 heteroatoms. The molecular formula is C24H33N3O5S. The maximum absolute atomic E-state index is 13.1. The highest BCUT2D eigenvalue weighted by molar-refractivity contribution is 7.89. The van der Waals surface area contributed by atoms with Gasteiger partial charge in [0.05, 0.1) is 36.1 Å². The van der Waals surface area contributed by atoms with Gasteiger partial charge >= 0.3 is 0 Å². The van der Waals surface area contributed by atoms with E-state index in [1.807, 2.05) is 6.92 Å². The Kier molecular flexibility index (Phi) is 8.71. The van der Waals surface area contributed by atoms with E-state index in [1.54, 1.807) is 56.3 Å². The first-order chi connectivity index (χ1) is 15.9. The van der Waals surface area contributed by atoms with Gasteiger partial charge in [0.15, 0.2) is 0 Å². The van der Waals surface area contributed by atoms with Gasteiger partial charge in [-0.05, 0) is 48.9 Å². The number of rotatable bonds is 10. The van der Waals surface area contributed by atoms with Gasteiger partial charge in [-0.15, -0.1) is 0 Å². The SMILES string of the molecule is CCCOc1ccc(C(=O)Nc2cc(S(=O)(=O)N(CC)CC)ccc2N2CCOCC2)cc1. The lowest BCUT2D eigenvalue weighted by Crippen LogP contribution is -2.37. The van der Waals surface area contributed by atoms with Crippen LogP contribution in [-0.4, -0.2) is 64.6 Å². The first kappa shape index (κ1) is 25.0. The van der Waals surface area contributed by atoms with Crippen LogP contribution < -0.4 is 15.0 Å². The summed E-state index contributed by atoms with van der Waals surface area (Å²) >= 11 is 0. The Labute approximate surface area is 196 Å². The summed E-state index contributed by atoms with van der Waals surface area (Å²) in [7, 11) is -3.66. The molecule has 2 aromatic rings. The molecule has 3 rings (SSSR count). The Morgan fingerprint density at radius 3 is 2.33 bits per heavy atom. The lowest BCUT2D eigenvalue weighted by atomic mass is 10.1. The predicted octanol–water partition coefficient (Wildman–Crippen LogP) is 3.59. The summed E-state index contributed by atoms with van der Waals surface area (Å²) in [4.78, 5) is 15.3. The summed E-state index contributed by atoms with van der Waals surface area (Å²) in [5.74, 6) is 0.388. The average molecular weight is 476 g/mol. The fourth-order valence-corrected chi connectivity index (χ4v) is 5.17. The summed E-state index contributed by atoms with van der Waals surface area (Å²) < 4.78 is 38.6. The van der Waals surface area contributed by atoms with E-state index in [9.17, 15) is 13.2 Å². The third-order valence-corrected chi connectivity index (χ3v) is 7.55. The van der Waals surface area contributed by atoms with Crippen LogP contribution in [0.1, 0.15) is 37.6 Å². The molecule has 0 aromatic heterocycles. The monoisotopic (exact) mass is 475 g/mol. The Bertz CT molecular complexity index is 1030. The van der Waals surface area contributed by atoms with Crippen molar-refractivity contribution in [2.75, 3.05) is 56.2 Å². The molecule has 1 fully saturated rings. The Morgan fingerprint density at radius 1 is 1.06 bits per heavy atom. The van der Waals surface area contributed by atoms with E-state index in [1.165, 1.54) is 4.31 Å². The number of nitrogens with one attached hydrogen (secondary N) is 1. The van der Waals surface area contributed by atoms with Gasteiger partial charge in [0.1, 0.15) is 5.75 Å². The summed E-state index contributed by atoms with van der Waals surface area (Å²) in [6, 6.07) is 11.8. The van der Waals surface area contributed by atoms with Crippen LogP contribution in [0.5, 0.6) is 5.75 Å². The van der Waals surface area contributed by atoms with E-state index in [0.29, 0.717) is 63.0 Å². The van der Waals surface area contributed by atoms with Crippen molar-refractivity contribution in [1.82, 2.24) is 4.31 Å². The van der Waals surface area contributed by atoms with Gasteiger partial charge in [0.2, 0.25) is 10.0 Å². The number of carbonyl (C=O) groups is 1. The molecule has 1 heterocycles. The molecule has 8 nitrogen and oxygen atoms in total. The summed E-state index contributed by atoms with van der Waals surface area (Å²) in [6.45, 7) is 9.47. The fraction of sp³-hybridized carbons (Fsp3) is 0.458. The van der Waals surface area contributed by atoms with Crippen LogP contribution in [0, 0.1) is 0 Å². The molecule has 1 saturated heterocycles. The second kappa shape index (κ2) is 11.5. The van der Waals surface area contributed by atoms with Crippen LogP contribution in [-0.2, 0) is 14.8 Å². The first-order valence-electron chi connectivity index (χ1n) is 11.4. The highest BCUT2D eigenvalue weighted by Crippen LogP contribution is 2.31. The fourth-order valence-electron chi connectivity index (χ4n) is 3.69. The lowest BCUT2D eigenvalue weighted by Gasteiger charge is -2.31. The van der Waals surface area contributed by atoms with E-state index in [0.717, 1.165) is 12.1 Å². The zero-order chi connectivity index (χ0) is 23.8. The molecule has 0 unspecified atom stereocenters. The number of morpholine rings is 1. The molecule has 0 bridgehead atoms. The second-order valence-corrected chi connectivity index (χ2v) is 9.63. The van der Waals surface area contributed by atoms with Crippen molar-refractivity contribution in [2.45, 2.75) is 32.1 Å². The van der Waals surface area contributed by atoms with Crippen molar-refractivity contribution in [3.8, 4) is 5.75 Å². The number of hydrogen-bond donors (Lipinski definition) is 1. The molecule has 0 saturated carbocycles. The minimum absolute atomic E-state index is 0.154. The van der Waals surface area contributed by atoms with Crippen LogP contribution >= 0.6 is 0 Å². The van der Waals surface area contributed by atoms with Gasteiger partial charge in [-0.2, -0.15) is 4.31 Å². The molecule has 2 aromatic carbocycles. The topological polar surface area (TPSA) is 88.2 Å². The number of amides is 1. The number of nitrogens with zero attached hydrogens (tertiary/aromatic N) is 2. The largest absolute Gasteiger partial charge is 0.494 e. The van der Waals surface area contributed by atoms with Gasteiger partial charge in [-0.25, -0.2) is 8.42 Å². The predicted molar refractivity (Wildman–Crippen MR) is 130 cm³/mol. The van der Waals surface area contributed by atoms with Gasteiger partial charge in [0.25, 0.3) is 5.91 Å². The molecule has 1 amide bonds. The molecule has 0 atom stereocenters. The molecule has 33 heavy (non-hydrogen) atoms. The molecule has 0 radical (unpaired) electrons. The number of ether oxygens (including phenoxy) is 2. The van der Waals surface area contributed by atoms with Gasteiger partial charge < -0.3 is 19.7 Å². The van der Waals surface area contributed by atoms with Crippen LogP contribution in [0.25, 0.3) is 0 Å². The van der Waals surface area contributed by atoms with Gasteiger partial charge in [-0.1, -0.05) is 20.8 Å². The molecule has 1 aliphatic heterocycles. The minimum Gasteiger partial charge on any atom is -0.494 e. The van der Waals surface area contributed by atoms with Crippen molar-refractivity contribution < 1.29 is 22.7 Å². The highest BCUT2D eigenvalue weighted by atomic mass is 32.2. The number of hydrogen-bond acceptors (Lipinski definition) is 6. The minimum atomic E-state index is -3.66. The third kappa shape index (κ3) is 6.04. The normalized spacial score (nSPS) is 14.4. The first-order valence-corrected chi connectivity index (χ1v) is 12.9. The van der Waals surface area contributed by atoms with Crippen molar-refractivity contribution >= 4 is 27.3 Å². The Balaban J connectivity index is 1.92. The van der Waals surface area contributed by atoms with Gasteiger partial charge in [0, 0.05) is 31.7 Å². The molecule has 1 aliphatic rings. The number of sulfonamides is 1. The van der Waals surface area contributed by atoms with E-state index < -0.39 is 10.0 Å². The number of carbonyl (C=O) groups excluding carboxylic acids is 1. The summed E-state index contributed by atoms with van der Waals surface area (Å²) in [6.07, 6.45) is 0.902. The van der Waals surface area contributed by atoms with Crippen LogP contribution in [0.2, 0.25) is 0 Å². The van der Waals surface area contributed by atoms with Crippen LogP contribution in [0.4, 0.5) is 11.4 Å². The highest BCUT2D eigenvalue weighted by Gasteiger charge is 2.25. The van der Waals surface area contributed by atoms with Crippen LogP contribution in [0.3, 0.4) is 0 Å². The third-order valence-electron chi connectivity index (χ3n) is 5.50. The summed E-state index contributed by atoms with van der Waals surface area (Å²) in [5, 5.41) is 2.93. The van der Waals surface area contributed by atoms with Gasteiger partial charge in [-0.3, -0.25) is 4.79 Å². The molecule has 1 N–H and O–H groups in total. The van der Waals surface area contributed by atoms with Crippen molar-refractivity contribution in [3.63, 3.8) is 0 Å². The van der Waals surface area contributed by atoms with Crippen molar-refractivity contribution in [1.29, 1.82) is 0 Å². The molecule has 0 spiro atoms. The Morgan fingerprint density at radius 2 is 1.73 bits per heavy atom. The van der Waals surface area contributed by atoms with E-state index in [4.69, 9.17) is 9.47 Å². The molecule has 180 valence electrons. The zero-order valence-electron chi connectivity index (χ0n) is 19.5. The number of benzene rings is 2. The Hall–Kier alpha value is -2.62. The van der Waals surface area contributed by atoms with E-state index in [-0.39, 0.29) is 10.8 Å². The standard InChI is InChI=1S/C24H33N3O5S/c1-4-15-32-20-9-7-19(8-10-20)24(28)25-22-18-21(33(29,30)27(5-2)6-3)11-12-23(22)26-13-16-31-17-14-26/h7-12,18H,4-6,13-17H2,1-3H3,(H,25,28). The van der Waals surface area contributed by atoms with E-state index >= 15 is 0 Å². The molecular weight excluding hydrogens is 442 g/mol. The molecule has 0 aliphatic carbocycles. The average Bonchev–Trinajstić information content (AvgIpc) is 2.84. The smallest absolute Gasteiger partial charge is 0.255 e. The van der Waals surface area contributed by atoms with E-state index in [2.05, 4.69) is 10.2 Å². The second-order valence-electron chi connectivity index (χ2n) is 7.69. The maximum Gasteiger partial charge on any atom is 0.255 e. The quantitative estimate of drug-likeness (QED) is 0.565. The maximum atomic E-state index is 13.1. The van der Waals surface area contributed by atoms with Crippen molar-refractivity contribution in [3.05, 3.63) is 48.0 Å². The van der Waals surface area contributed by atoms with Crippen molar-refractivity contribution in [2.24, 2.45) is 0 Å².